The number of nitrogens with one attached hydrogen (secondary N) is 1. The van der Waals surface area contributed by atoms with E-state index in [9.17, 15) is 0 Å². The van der Waals surface area contributed by atoms with Gasteiger partial charge in [-0.2, -0.15) is 5.10 Å². The molecular formula is C16H22ClN3S. The standard InChI is InChI=1S/C16H22ClN3S/c1-4-9-18-10-14-12(2)19-20(3)16(14)21-11-13-7-5-6-8-15(13)17/h5-8,18H,4,9-11H2,1-3H3. The minimum Gasteiger partial charge on any atom is -0.313 e. The van der Waals surface area contributed by atoms with E-state index in [-0.39, 0.29) is 0 Å². The molecule has 1 N–H and O–H groups in total. The molecule has 0 aliphatic rings. The lowest BCUT2D eigenvalue weighted by Gasteiger charge is -2.08. The number of halogens is 1. The van der Waals surface area contributed by atoms with Gasteiger partial charge in [0.2, 0.25) is 0 Å². The third kappa shape index (κ3) is 4.25. The Bertz CT molecular complexity index is 595. The van der Waals surface area contributed by atoms with E-state index in [0.29, 0.717) is 0 Å². The minimum atomic E-state index is 0.828. The lowest BCUT2D eigenvalue weighted by Crippen LogP contribution is -2.14. The van der Waals surface area contributed by atoms with Crippen LogP contribution in [-0.2, 0) is 19.3 Å². The van der Waals surface area contributed by atoms with Gasteiger partial charge >= 0.3 is 0 Å². The normalized spacial score (nSPS) is 11.0. The van der Waals surface area contributed by atoms with Crippen molar-refractivity contribution in [1.82, 2.24) is 15.1 Å². The van der Waals surface area contributed by atoms with Crippen molar-refractivity contribution >= 4 is 23.4 Å². The number of nitrogens with zero attached hydrogens (tertiary/aromatic N) is 2. The smallest absolute Gasteiger partial charge is 0.0987 e. The first-order chi connectivity index (χ1) is 10.1. The molecule has 0 atom stereocenters. The Labute approximate surface area is 136 Å². The van der Waals surface area contributed by atoms with Crippen molar-refractivity contribution in [2.24, 2.45) is 7.05 Å². The molecule has 0 spiro atoms. The van der Waals surface area contributed by atoms with Gasteiger partial charge in [-0.05, 0) is 31.5 Å². The molecule has 0 fully saturated rings. The average Bonchev–Trinajstić information content (AvgIpc) is 2.73. The number of aromatic nitrogens is 2. The fraction of sp³-hybridized carbons (Fsp3) is 0.438. The van der Waals surface area contributed by atoms with Crippen molar-refractivity contribution in [2.45, 2.75) is 37.6 Å². The molecule has 2 rings (SSSR count). The monoisotopic (exact) mass is 323 g/mol. The fourth-order valence-electron chi connectivity index (χ4n) is 2.22. The van der Waals surface area contributed by atoms with Gasteiger partial charge < -0.3 is 5.32 Å². The van der Waals surface area contributed by atoms with Crippen LogP contribution in [0.5, 0.6) is 0 Å². The van der Waals surface area contributed by atoms with Gasteiger partial charge in [0.05, 0.1) is 10.7 Å². The maximum absolute atomic E-state index is 6.23. The molecule has 0 unspecified atom stereocenters. The van der Waals surface area contributed by atoms with Crippen molar-refractivity contribution in [1.29, 1.82) is 0 Å². The molecular weight excluding hydrogens is 302 g/mol. The van der Waals surface area contributed by atoms with Crippen molar-refractivity contribution in [2.75, 3.05) is 6.54 Å². The van der Waals surface area contributed by atoms with E-state index in [1.54, 1.807) is 11.8 Å². The highest BCUT2D eigenvalue weighted by atomic mass is 35.5. The van der Waals surface area contributed by atoms with Gasteiger partial charge in [-0.25, -0.2) is 0 Å². The second-order valence-electron chi connectivity index (χ2n) is 5.05. The van der Waals surface area contributed by atoms with E-state index >= 15 is 0 Å². The zero-order valence-electron chi connectivity index (χ0n) is 12.8. The second kappa shape index (κ2) is 7.87. The molecule has 0 radical (unpaired) electrons. The summed E-state index contributed by atoms with van der Waals surface area (Å²) < 4.78 is 1.97. The summed E-state index contributed by atoms with van der Waals surface area (Å²) in [6.45, 7) is 6.15. The summed E-state index contributed by atoms with van der Waals surface area (Å²) in [6, 6.07) is 8.01. The summed E-state index contributed by atoms with van der Waals surface area (Å²) >= 11 is 8.03. The van der Waals surface area contributed by atoms with Crippen molar-refractivity contribution in [3.8, 4) is 0 Å². The predicted molar refractivity (Wildman–Crippen MR) is 91.0 cm³/mol. The number of rotatable bonds is 7. The fourth-order valence-corrected chi connectivity index (χ4v) is 3.66. The Hall–Kier alpha value is -0.970. The lowest BCUT2D eigenvalue weighted by atomic mass is 10.2. The second-order valence-corrected chi connectivity index (χ2v) is 6.42. The third-order valence-corrected chi connectivity index (χ3v) is 4.95. The highest BCUT2D eigenvalue weighted by Crippen LogP contribution is 2.30. The molecule has 2 aromatic rings. The predicted octanol–water partition coefficient (Wildman–Crippen LogP) is 4.17. The summed E-state index contributed by atoms with van der Waals surface area (Å²) in [6.07, 6.45) is 1.14. The van der Waals surface area contributed by atoms with Crippen LogP contribution in [0.2, 0.25) is 5.02 Å². The minimum absolute atomic E-state index is 0.828. The van der Waals surface area contributed by atoms with Gasteiger partial charge in [-0.15, -0.1) is 11.8 Å². The van der Waals surface area contributed by atoms with E-state index in [0.717, 1.165) is 41.5 Å². The molecule has 0 amide bonds. The number of benzene rings is 1. The van der Waals surface area contributed by atoms with Crippen LogP contribution >= 0.6 is 23.4 Å². The quantitative estimate of drug-likeness (QED) is 0.612. The Balaban J connectivity index is 2.10. The van der Waals surface area contributed by atoms with Crippen LogP contribution in [0.4, 0.5) is 0 Å². The summed E-state index contributed by atoms with van der Waals surface area (Å²) in [5, 5.41) is 10.1. The SMILES string of the molecule is CCCNCc1c(C)nn(C)c1SCc1ccccc1Cl. The van der Waals surface area contributed by atoms with Crippen LogP contribution < -0.4 is 5.32 Å². The molecule has 0 aliphatic carbocycles. The molecule has 5 heteroatoms. The van der Waals surface area contributed by atoms with Crippen molar-refractivity contribution < 1.29 is 0 Å². The van der Waals surface area contributed by atoms with Gasteiger partial charge in [-0.1, -0.05) is 36.7 Å². The number of aryl methyl sites for hydroxylation is 2. The van der Waals surface area contributed by atoms with Gasteiger partial charge in [0.1, 0.15) is 0 Å². The largest absolute Gasteiger partial charge is 0.313 e. The zero-order valence-corrected chi connectivity index (χ0v) is 14.4. The molecule has 0 saturated carbocycles. The molecule has 3 nitrogen and oxygen atoms in total. The number of hydrogen-bond donors (Lipinski definition) is 1. The van der Waals surface area contributed by atoms with Crippen LogP contribution in [0.15, 0.2) is 29.3 Å². The van der Waals surface area contributed by atoms with E-state index in [1.165, 1.54) is 10.6 Å². The Kier molecular flexibility index (Phi) is 6.15. The zero-order chi connectivity index (χ0) is 15.2. The molecule has 1 aromatic heterocycles. The van der Waals surface area contributed by atoms with Crippen LogP contribution in [-0.4, -0.2) is 16.3 Å². The Morgan fingerprint density at radius 2 is 2.10 bits per heavy atom. The maximum Gasteiger partial charge on any atom is 0.0987 e. The number of thioether (sulfide) groups is 1. The van der Waals surface area contributed by atoms with Gasteiger partial charge in [0.25, 0.3) is 0 Å². The first-order valence-corrected chi connectivity index (χ1v) is 8.59. The van der Waals surface area contributed by atoms with E-state index in [1.807, 2.05) is 29.9 Å². The van der Waals surface area contributed by atoms with E-state index in [4.69, 9.17) is 11.6 Å². The van der Waals surface area contributed by atoms with E-state index < -0.39 is 0 Å². The van der Waals surface area contributed by atoms with Crippen molar-refractivity contribution in [3.05, 3.63) is 46.1 Å². The topological polar surface area (TPSA) is 29.9 Å². The third-order valence-electron chi connectivity index (χ3n) is 3.34. The molecule has 0 saturated heterocycles. The molecule has 21 heavy (non-hydrogen) atoms. The summed E-state index contributed by atoms with van der Waals surface area (Å²) in [4.78, 5) is 0. The number of hydrogen-bond acceptors (Lipinski definition) is 3. The van der Waals surface area contributed by atoms with Crippen LogP contribution in [0.25, 0.3) is 0 Å². The Morgan fingerprint density at radius 1 is 1.33 bits per heavy atom. The lowest BCUT2D eigenvalue weighted by molar-refractivity contribution is 0.653. The molecule has 0 aliphatic heterocycles. The maximum atomic E-state index is 6.23. The highest BCUT2D eigenvalue weighted by Gasteiger charge is 2.14. The average molecular weight is 324 g/mol. The van der Waals surface area contributed by atoms with Crippen LogP contribution in [0.3, 0.4) is 0 Å². The van der Waals surface area contributed by atoms with Gasteiger partial charge in [0, 0.05) is 29.9 Å². The van der Waals surface area contributed by atoms with Crippen molar-refractivity contribution in [3.63, 3.8) is 0 Å². The first-order valence-electron chi connectivity index (χ1n) is 7.22. The highest BCUT2D eigenvalue weighted by molar-refractivity contribution is 7.98. The summed E-state index contributed by atoms with van der Waals surface area (Å²) in [5.74, 6) is 0.861. The molecule has 0 bridgehead atoms. The molecule has 1 aromatic carbocycles. The first kappa shape index (κ1) is 16.4. The van der Waals surface area contributed by atoms with Crippen LogP contribution in [0, 0.1) is 6.92 Å². The van der Waals surface area contributed by atoms with Crippen LogP contribution in [0.1, 0.15) is 30.2 Å². The van der Waals surface area contributed by atoms with E-state index in [2.05, 4.69) is 30.3 Å². The van der Waals surface area contributed by atoms with Gasteiger partial charge in [-0.3, -0.25) is 4.68 Å². The Morgan fingerprint density at radius 3 is 2.81 bits per heavy atom. The molecule has 1 heterocycles. The summed E-state index contributed by atoms with van der Waals surface area (Å²) in [5.41, 5.74) is 3.56. The molecule has 114 valence electrons. The van der Waals surface area contributed by atoms with Gasteiger partial charge in [0.15, 0.2) is 0 Å². The summed E-state index contributed by atoms with van der Waals surface area (Å²) in [7, 11) is 2.01.